The van der Waals surface area contributed by atoms with E-state index in [0.717, 1.165) is 46.8 Å². The van der Waals surface area contributed by atoms with Gasteiger partial charge < -0.3 is 5.73 Å². The summed E-state index contributed by atoms with van der Waals surface area (Å²) in [4.78, 5) is 13.9. The van der Waals surface area contributed by atoms with E-state index in [4.69, 9.17) is 15.7 Å². The molecular weight excluding hydrogens is 346 g/mol. The van der Waals surface area contributed by atoms with Crippen LogP contribution in [0.3, 0.4) is 0 Å². The van der Waals surface area contributed by atoms with E-state index < -0.39 is 0 Å². The summed E-state index contributed by atoms with van der Waals surface area (Å²) in [6.45, 7) is 1.81. The second-order valence-corrected chi connectivity index (χ2v) is 6.93. The number of aryl methyl sites for hydroxylation is 2. The molecule has 136 valence electrons. The van der Waals surface area contributed by atoms with Crippen molar-refractivity contribution in [3.8, 4) is 28.9 Å². The predicted octanol–water partition coefficient (Wildman–Crippen LogP) is 3.92. The SMILES string of the molecule is CC#Cc1ccc2nc(-c3cccnc3N)n(-c3ccc4c(c3)CCC4)c2n1. The summed E-state index contributed by atoms with van der Waals surface area (Å²) in [5.41, 5.74) is 13.1. The topological polar surface area (TPSA) is 69.6 Å². The van der Waals surface area contributed by atoms with Crippen LogP contribution in [0.15, 0.2) is 48.7 Å². The molecule has 28 heavy (non-hydrogen) atoms. The first-order chi connectivity index (χ1) is 13.7. The van der Waals surface area contributed by atoms with Crippen LogP contribution in [-0.2, 0) is 12.8 Å². The molecule has 0 spiro atoms. The number of nitrogen functional groups attached to an aromatic ring is 1. The number of aromatic nitrogens is 4. The van der Waals surface area contributed by atoms with Crippen molar-refractivity contribution in [3.63, 3.8) is 0 Å². The summed E-state index contributed by atoms with van der Waals surface area (Å²) in [5, 5.41) is 0. The van der Waals surface area contributed by atoms with E-state index in [-0.39, 0.29) is 0 Å². The van der Waals surface area contributed by atoms with Crippen molar-refractivity contribution in [1.29, 1.82) is 0 Å². The Bertz CT molecular complexity index is 1270. The molecule has 0 amide bonds. The third kappa shape index (κ3) is 2.62. The van der Waals surface area contributed by atoms with Crippen LogP contribution in [-0.4, -0.2) is 19.5 Å². The average molecular weight is 365 g/mol. The first-order valence-electron chi connectivity index (χ1n) is 9.40. The Kier molecular flexibility index (Phi) is 3.84. The fourth-order valence-electron chi connectivity index (χ4n) is 3.88. The van der Waals surface area contributed by atoms with Crippen LogP contribution >= 0.6 is 0 Å². The number of hydrogen-bond acceptors (Lipinski definition) is 4. The molecule has 0 bridgehead atoms. The maximum atomic E-state index is 6.18. The first-order valence-corrected chi connectivity index (χ1v) is 9.40. The van der Waals surface area contributed by atoms with E-state index in [9.17, 15) is 0 Å². The highest BCUT2D eigenvalue weighted by atomic mass is 15.1. The van der Waals surface area contributed by atoms with Crippen molar-refractivity contribution in [2.24, 2.45) is 0 Å². The molecule has 3 aromatic heterocycles. The average Bonchev–Trinajstić information content (AvgIpc) is 3.32. The van der Waals surface area contributed by atoms with Crippen molar-refractivity contribution < 1.29 is 0 Å². The number of nitrogens with zero attached hydrogens (tertiary/aromatic N) is 4. The minimum absolute atomic E-state index is 0.453. The molecule has 5 rings (SSSR count). The molecule has 4 aromatic rings. The van der Waals surface area contributed by atoms with Crippen LogP contribution in [0.2, 0.25) is 0 Å². The Morgan fingerprint density at radius 2 is 1.93 bits per heavy atom. The number of rotatable bonds is 2. The molecule has 0 aliphatic heterocycles. The molecule has 1 aliphatic carbocycles. The van der Waals surface area contributed by atoms with Gasteiger partial charge in [-0.15, -0.1) is 0 Å². The van der Waals surface area contributed by atoms with E-state index in [0.29, 0.717) is 5.82 Å². The number of anilines is 1. The van der Waals surface area contributed by atoms with Gasteiger partial charge in [-0.05, 0) is 79.6 Å². The molecule has 1 aliphatic rings. The zero-order chi connectivity index (χ0) is 19.1. The number of hydrogen-bond donors (Lipinski definition) is 1. The van der Waals surface area contributed by atoms with Crippen LogP contribution < -0.4 is 5.73 Å². The van der Waals surface area contributed by atoms with Gasteiger partial charge in [0.25, 0.3) is 0 Å². The Labute approximate surface area is 163 Å². The Hall–Kier alpha value is -3.65. The van der Waals surface area contributed by atoms with Gasteiger partial charge in [0.05, 0.1) is 5.56 Å². The molecule has 0 radical (unpaired) electrons. The minimum Gasteiger partial charge on any atom is -0.383 e. The van der Waals surface area contributed by atoms with E-state index >= 15 is 0 Å². The van der Waals surface area contributed by atoms with Crippen LogP contribution in [0.4, 0.5) is 5.82 Å². The third-order valence-electron chi connectivity index (χ3n) is 5.18. The molecule has 2 N–H and O–H groups in total. The normalized spacial score (nSPS) is 12.6. The Morgan fingerprint density at radius 3 is 2.79 bits per heavy atom. The lowest BCUT2D eigenvalue weighted by Crippen LogP contribution is -2.03. The standard InChI is InChI=1S/C23H19N5/c1-2-5-17-10-12-20-23(26-17)28(18-11-9-15-6-3-7-16(15)14-18)22(27-20)19-8-4-13-25-21(19)24/h4,8-14H,3,6-7H2,1H3,(H2,24,25). The van der Waals surface area contributed by atoms with Crippen LogP contribution in [0, 0.1) is 11.8 Å². The van der Waals surface area contributed by atoms with Crippen LogP contribution in [0.1, 0.15) is 30.2 Å². The predicted molar refractivity (Wildman–Crippen MR) is 111 cm³/mol. The first kappa shape index (κ1) is 16.5. The number of pyridine rings is 2. The van der Waals surface area contributed by atoms with Gasteiger partial charge in [0, 0.05) is 11.9 Å². The third-order valence-corrected chi connectivity index (χ3v) is 5.18. The summed E-state index contributed by atoms with van der Waals surface area (Å²) in [5.74, 6) is 7.15. The van der Waals surface area contributed by atoms with Gasteiger partial charge in [0.15, 0.2) is 11.5 Å². The quantitative estimate of drug-likeness (QED) is 0.547. The number of nitrogens with two attached hydrogens (primary N) is 1. The highest BCUT2D eigenvalue weighted by Gasteiger charge is 2.20. The second kappa shape index (κ2) is 6.50. The van der Waals surface area contributed by atoms with E-state index in [1.165, 1.54) is 17.5 Å². The van der Waals surface area contributed by atoms with Crippen molar-refractivity contribution in [2.45, 2.75) is 26.2 Å². The minimum atomic E-state index is 0.453. The summed E-state index contributed by atoms with van der Waals surface area (Å²) < 4.78 is 2.07. The summed E-state index contributed by atoms with van der Waals surface area (Å²) in [6, 6.07) is 14.3. The van der Waals surface area contributed by atoms with Gasteiger partial charge in [-0.2, -0.15) is 0 Å². The Balaban J connectivity index is 1.83. The number of fused-ring (bicyclic) bond motifs is 2. The lowest BCUT2D eigenvalue weighted by molar-refractivity contribution is 0.911. The van der Waals surface area contributed by atoms with Gasteiger partial charge in [-0.1, -0.05) is 12.0 Å². The van der Waals surface area contributed by atoms with Crippen LogP contribution in [0.25, 0.3) is 28.2 Å². The monoisotopic (exact) mass is 365 g/mol. The van der Waals surface area contributed by atoms with Crippen molar-refractivity contribution in [3.05, 3.63) is 65.5 Å². The summed E-state index contributed by atoms with van der Waals surface area (Å²) in [6.07, 6.45) is 5.16. The highest BCUT2D eigenvalue weighted by molar-refractivity contribution is 5.83. The van der Waals surface area contributed by atoms with Gasteiger partial charge in [0.1, 0.15) is 17.0 Å². The molecule has 0 fully saturated rings. The summed E-state index contributed by atoms with van der Waals surface area (Å²) in [7, 11) is 0. The molecule has 3 heterocycles. The van der Waals surface area contributed by atoms with Gasteiger partial charge in [-0.25, -0.2) is 15.0 Å². The van der Waals surface area contributed by atoms with E-state index in [2.05, 4.69) is 39.6 Å². The smallest absolute Gasteiger partial charge is 0.166 e. The maximum Gasteiger partial charge on any atom is 0.166 e. The number of imidazole rings is 1. The van der Waals surface area contributed by atoms with Crippen molar-refractivity contribution in [2.75, 3.05) is 5.73 Å². The fraction of sp³-hybridized carbons (Fsp3) is 0.174. The molecular formula is C23H19N5. The molecule has 0 saturated carbocycles. The van der Waals surface area contributed by atoms with E-state index in [1.807, 2.05) is 31.2 Å². The molecule has 5 heteroatoms. The van der Waals surface area contributed by atoms with Crippen molar-refractivity contribution in [1.82, 2.24) is 19.5 Å². The lowest BCUT2D eigenvalue weighted by atomic mass is 10.1. The number of benzene rings is 1. The zero-order valence-corrected chi connectivity index (χ0v) is 15.6. The van der Waals surface area contributed by atoms with Crippen molar-refractivity contribution >= 4 is 17.0 Å². The molecule has 5 nitrogen and oxygen atoms in total. The van der Waals surface area contributed by atoms with Gasteiger partial charge in [0.2, 0.25) is 0 Å². The van der Waals surface area contributed by atoms with Gasteiger partial charge in [-0.3, -0.25) is 4.57 Å². The fourth-order valence-corrected chi connectivity index (χ4v) is 3.88. The van der Waals surface area contributed by atoms with Gasteiger partial charge >= 0.3 is 0 Å². The van der Waals surface area contributed by atoms with E-state index in [1.54, 1.807) is 6.20 Å². The maximum absolute atomic E-state index is 6.18. The molecule has 0 saturated heterocycles. The summed E-state index contributed by atoms with van der Waals surface area (Å²) >= 11 is 0. The molecule has 0 unspecified atom stereocenters. The molecule has 1 aromatic carbocycles. The highest BCUT2D eigenvalue weighted by Crippen LogP contribution is 2.32. The largest absolute Gasteiger partial charge is 0.383 e. The van der Waals surface area contributed by atoms with Crippen LogP contribution in [0.5, 0.6) is 0 Å². The molecule has 0 atom stereocenters. The zero-order valence-electron chi connectivity index (χ0n) is 15.6. The Morgan fingerprint density at radius 1 is 1.04 bits per heavy atom. The second-order valence-electron chi connectivity index (χ2n) is 6.93. The lowest BCUT2D eigenvalue weighted by Gasteiger charge is -2.12.